The van der Waals surface area contributed by atoms with Gasteiger partial charge in [0.15, 0.2) is 0 Å². The van der Waals surface area contributed by atoms with Crippen LogP contribution in [-0.4, -0.2) is 39.0 Å². The third kappa shape index (κ3) is 4.09. The highest BCUT2D eigenvalue weighted by Gasteiger charge is 2.27. The fraction of sp³-hybridized carbons (Fsp3) is 0.316. The van der Waals surface area contributed by atoms with Gasteiger partial charge in [-0.2, -0.15) is 0 Å². The van der Waals surface area contributed by atoms with Crippen molar-refractivity contribution in [3.8, 4) is 11.3 Å². The van der Waals surface area contributed by atoms with Gasteiger partial charge in [0.05, 0.1) is 17.5 Å². The summed E-state index contributed by atoms with van der Waals surface area (Å²) in [5.74, 6) is 2.49. The fourth-order valence-electron chi connectivity index (χ4n) is 3.48. The maximum Gasteiger partial charge on any atom is 0.270 e. The molecule has 1 unspecified atom stereocenters. The van der Waals surface area contributed by atoms with Gasteiger partial charge in [-0.05, 0) is 12.1 Å². The molecular formula is C19H22ClN5O3. The van der Waals surface area contributed by atoms with Crippen LogP contribution in [0.4, 0.5) is 5.69 Å². The van der Waals surface area contributed by atoms with Gasteiger partial charge >= 0.3 is 0 Å². The van der Waals surface area contributed by atoms with Crippen molar-refractivity contribution in [3.05, 3.63) is 70.5 Å². The number of nitro groups is 1. The number of hydrogen-bond donors (Lipinski definition) is 1. The number of nitrogens with zero attached hydrogens (tertiary/aromatic N) is 4. The summed E-state index contributed by atoms with van der Waals surface area (Å²) in [7, 11) is 2.00. The Morgan fingerprint density at radius 3 is 2.96 bits per heavy atom. The van der Waals surface area contributed by atoms with E-state index in [0.29, 0.717) is 17.9 Å². The molecule has 28 heavy (non-hydrogen) atoms. The first kappa shape index (κ1) is 20.1. The third-order valence-electron chi connectivity index (χ3n) is 4.87. The molecule has 0 bridgehead atoms. The maximum absolute atomic E-state index is 11.0. The van der Waals surface area contributed by atoms with E-state index in [9.17, 15) is 10.1 Å². The number of benzene rings is 1. The lowest BCUT2D eigenvalue weighted by Crippen LogP contribution is -2.46. The highest BCUT2D eigenvalue weighted by molar-refractivity contribution is 5.85. The SMILES string of the molecule is Cl.Cn1ccnc1C1CNCCN1Cc1ccc(-c2cccc([N+](=O)[O-])c2)o1. The van der Waals surface area contributed by atoms with Crippen molar-refractivity contribution in [2.45, 2.75) is 12.6 Å². The van der Waals surface area contributed by atoms with Crippen LogP contribution in [0, 0.1) is 10.1 Å². The van der Waals surface area contributed by atoms with Crippen LogP contribution in [0.15, 0.2) is 53.2 Å². The van der Waals surface area contributed by atoms with Crippen molar-refractivity contribution in [1.82, 2.24) is 19.8 Å². The summed E-state index contributed by atoms with van der Waals surface area (Å²) >= 11 is 0. The predicted octanol–water partition coefficient (Wildman–Crippen LogP) is 3.16. The Kier molecular flexibility index (Phi) is 6.13. The van der Waals surface area contributed by atoms with Crippen molar-refractivity contribution in [1.29, 1.82) is 0 Å². The molecule has 2 aromatic heterocycles. The summed E-state index contributed by atoms with van der Waals surface area (Å²) in [5.41, 5.74) is 0.763. The van der Waals surface area contributed by atoms with Gasteiger partial charge in [0.25, 0.3) is 5.69 Å². The highest BCUT2D eigenvalue weighted by Crippen LogP contribution is 2.28. The van der Waals surface area contributed by atoms with Crippen molar-refractivity contribution in [2.75, 3.05) is 19.6 Å². The van der Waals surface area contributed by atoms with E-state index in [1.807, 2.05) is 42.2 Å². The molecule has 4 rings (SSSR count). The number of imidazole rings is 1. The summed E-state index contributed by atoms with van der Waals surface area (Å²) in [4.78, 5) is 17.4. The lowest BCUT2D eigenvalue weighted by Gasteiger charge is -2.35. The van der Waals surface area contributed by atoms with E-state index >= 15 is 0 Å². The number of nitro benzene ring substituents is 1. The van der Waals surface area contributed by atoms with Crippen molar-refractivity contribution in [3.63, 3.8) is 0 Å². The Balaban J connectivity index is 0.00000225. The molecule has 0 aliphatic carbocycles. The minimum Gasteiger partial charge on any atom is -0.460 e. The van der Waals surface area contributed by atoms with E-state index in [4.69, 9.17) is 4.42 Å². The second-order valence-electron chi connectivity index (χ2n) is 6.66. The Bertz CT molecular complexity index is 954. The third-order valence-corrected chi connectivity index (χ3v) is 4.87. The molecule has 9 heteroatoms. The molecule has 0 radical (unpaired) electrons. The van der Waals surface area contributed by atoms with Gasteiger partial charge in [0.2, 0.25) is 0 Å². The van der Waals surface area contributed by atoms with Crippen molar-refractivity contribution in [2.24, 2.45) is 7.05 Å². The lowest BCUT2D eigenvalue weighted by atomic mass is 10.1. The number of piperazine rings is 1. The van der Waals surface area contributed by atoms with Gasteiger partial charge in [0, 0.05) is 56.8 Å². The van der Waals surface area contributed by atoms with E-state index < -0.39 is 4.92 Å². The monoisotopic (exact) mass is 403 g/mol. The molecule has 3 heterocycles. The Labute approximate surface area is 168 Å². The smallest absolute Gasteiger partial charge is 0.270 e. The quantitative estimate of drug-likeness (QED) is 0.520. The van der Waals surface area contributed by atoms with E-state index in [-0.39, 0.29) is 24.1 Å². The number of halogens is 1. The minimum absolute atomic E-state index is 0. The molecule has 1 atom stereocenters. The first-order valence-corrected chi connectivity index (χ1v) is 8.87. The predicted molar refractivity (Wildman–Crippen MR) is 107 cm³/mol. The summed E-state index contributed by atoms with van der Waals surface area (Å²) in [5, 5.41) is 14.4. The number of furan rings is 1. The standard InChI is InChI=1S/C19H21N5O3.ClH/c1-22-9-8-21-19(22)17-12-20-7-10-23(17)13-16-5-6-18(27-16)14-3-2-4-15(11-14)24(25)26;/h2-6,8-9,11,17,20H,7,10,12-13H2,1H3;1H. The van der Waals surface area contributed by atoms with E-state index in [1.165, 1.54) is 12.1 Å². The Morgan fingerprint density at radius 1 is 1.36 bits per heavy atom. The van der Waals surface area contributed by atoms with Crippen LogP contribution < -0.4 is 5.32 Å². The van der Waals surface area contributed by atoms with Gasteiger partial charge in [-0.25, -0.2) is 4.98 Å². The van der Waals surface area contributed by atoms with E-state index in [1.54, 1.807) is 6.07 Å². The van der Waals surface area contributed by atoms with Crippen LogP contribution in [0.3, 0.4) is 0 Å². The number of rotatable bonds is 5. The molecule has 1 N–H and O–H groups in total. The molecule has 0 amide bonds. The number of aryl methyl sites for hydroxylation is 1. The number of hydrogen-bond acceptors (Lipinski definition) is 6. The maximum atomic E-state index is 11.0. The van der Waals surface area contributed by atoms with E-state index in [0.717, 1.165) is 31.2 Å². The van der Waals surface area contributed by atoms with Gasteiger partial charge in [-0.15, -0.1) is 12.4 Å². The zero-order valence-corrected chi connectivity index (χ0v) is 16.3. The molecule has 1 fully saturated rings. The van der Waals surface area contributed by atoms with Crippen LogP contribution in [0.25, 0.3) is 11.3 Å². The lowest BCUT2D eigenvalue weighted by molar-refractivity contribution is -0.384. The van der Waals surface area contributed by atoms with E-state index in [2.05, 4.69) is 15.2 Å². The first-order valence-electron chi connectivity index (χ1n) is 8.87. The van der Waals surface area contributed by atoms with Gasteiger partial charge in [-0.1, -0.05) is 12.1 Å². The molecule has 148 valence electrons. The molecule has 1 saturated heterocycles. The van der Waals surface area contributed by atoms with Crippen LogP contribution >= 0.6 is 12.4 Å². The van der Waals surface area contributed by atoms with Gasteiger partial charge in [-0.3, -0.25) is 15.0 Å². The number of aromatic nitrogens is 2. The van der Waals surface area contributed by atoms with Crippen LogP contribution in [-0.2, 0) is 13.6 Å². The summed E-state index contributed by atoms with van der Waals surface area (Å²) in [6, 6.07) is 10.5. The zero-order valence-electron chi connectivity index (χ0n) is 15.4. The molecule has 8 nitrogen and oxygen atoms in total. The Morgan fingerprint density at radius 2 is 2.21 bits per heavy atom. The highest BCUT2D eigenvalue weighted by atomic mass is 35.5. The molecular weight excluding hydrogens is 382 g/mol. The number of non-ortho nitro benzene ring substituents is 1. The average Bonchev–Trinajstić information content (AvgIpc) is 3.31. The molecule has 1 aliphatic rings. The normalized spacial score (nSPS) is 17.2. The zero-order chi connectivity index (χ0) is 18.8. The number of nitrogens with one attached hydrogen (secondary N) is 1. The molecule has 1 aromatic carbocycles. The molecule has 0 spiro atoms. The largest absolute Gasteiger partial charge is 0.460 e. The summed E-state index contributed by atoms with van der Waals surface area (Å²) < 4.78 is 8.03. The van der Waals surface area contributed by atoms with Crippen molar-refractivity contribution < 1.29 is 9.34 Å². The molecule has 1 aliphatic heterocycles. The van der Waals surface area contributed by atoms with Crippen LogP contribution in [0.1, 0.15) is 17.6 Å². The summed E-state index contributed by atoms with van der Waals surface area (Å²) in [6.45, 7) is 3.31. The second-order valence-corrected chi connectivity index (χ2v) is 6.66. The second kappa shape index (κ2) is 8.55. The minimum atomic E-state index is -0.397. The average molecular weight is 404 g/mol. The Hall–Kier alpha value is -2.68. The van der Waals surface area contributed by atoms with Crippen LogP contribution in [0.2, 0.25) is 0 Å². The molecule has 3 aromatic rings. The topological polar surface area (TPSA) is 89.4 Å². The first-order chi connectivity index (χ1) is 13.1. The van der Waals surface area contributed by atoms with Crippen LogP contribution in [0.5, 0.6) is 0 Å². The fourth-order valence-corrected chi connectivity index (χ4v) is 3.48. The van der Waals surface area contributed by atoms with Gasteiger partial charge in [0.1, 0.15) is 17.3 Å². The molecule has 0 saturated carbocycles. The van der Waals surface area contributed by atoms with Gasteiger partial charge < -0.3 is 14.3 Å². The van der Waals surface area contributed by atoms with Crippen molar-refractivity contribution >= 4 is 18.1 Å². The summed E-state index contributed by atoms with van der Waals surface area (Å²) in [6.07, 6.45) is 3.77.